The summed E-state index contributed by atoms with van der Waals surface area (Å²) in [5.74, 6) is 1.32. The molecule has 3 heteroatoms. The summed E-state index contributed by atoms with van der Waals surface area (Å²) in [4.78, 5) is 12.6. The van der Waals surface area contributed by atoms with E-state index in [1.165, 1.54) is 76.2 Å². The highest BCUT2D eigenvalue weighted by molar-refractivity contribution is 5.89. The SMILES string of the molecule is CCCCCCOC(C)C(C)OC(=O)c1ccc([C@H]2CC[C@H](CCCCC)CC2)cc1. The van der Waals surface area contributed by atoms with Crippen molar-refractivity contribution < 1.29 is 14.3 Å². The Labute approximate surface area is 191 Å². The second-order valence-electron chi connectivity index (χ2n) is 9.58. The summed E-state index contributed by atoms with van der Waals surface area (Å²) in [5, 5.41) is 0. The minimum absolute atomic E-state index is 0.0858. The molecule has 1 aliphatic carbocycles. The molecule has 0 aromatic heterocycles. The molecule has 2 rings (SSSR count). The molecule has 0 saturated heterocycles. The fraction of sp³-hybridized carbons (Fsp3) is 0.750. The zero-order chi connectivity index (χ0) is 22.5. The van der Waals surface area contributed by atoms with Crippen molar-refractivity contribution in [2.45, 2.75) is 123 Å². The van der Waals surface area contributed by atoms with Crippen LogP contribution >= 0.6 is 0 Å². The molecule has 0 heterocycles. The van der Waals surface area contributed by atoms with Crippen LogP contribution in [0.3, 0.4) is 0 Å². The fourth-order valence-electron chi connectivity index (χ4n) is 4.63. The molecule has 31 heavy (non-hydrogen) atoms. The van der Waals surface area contributed by atoms with Crippen molar-refractivity contribution in [3.63, 3.8) is 0 Å². The lowest BCUT2D eigenvalue weighted by Crippen LogP contribution is -2.29. The third-order valence-corrected chi connectivity index (χ3v) is 7.01. The lowest BCUT2D eigenvalue weighted by Gasteiger charge is -2.29. The molecule has 0 aliphatic heterocycles. The van der Waals surface area contributed by atoms with Crippen LogP contribution in [-0.4, -0.2) is 24.8 Å². The van der Waals surface area contributed by atoms with Gasteiger partial charge in [0.25, 0.3) is 0 Å². The Kier molecular flexibility index (Phi) is 12.3. The van der Waals surface area contributed by atoms with Crippen molar-refractivity contribution in [1.82, 2.24) is 0 Å². The van der Waals surface area contributed by atoms with E-state index < -0.39 is 0 Å². The number of hydrogen-bond acceptors (Lipinski definition) is 3. The average Bonchev–Trinajstić information content (AvgIpc) is 2.79. The first-order valence-electron chi connectivity index (χ1n) is 13.0. The van der Waals surface area contributed by atoms with Crippen LogP contribution in [0.2, 0.25) is 0 Å². The van der Waals surface area contributed by atoms with Gasteiger partial charge in [0.15, 0.2) is 0 Å². The van der Waals surface area contributed by atoms with Crippen LogP contribution in [0.5, 0.6) is 0 Å². The van der Waals surface area contributed by atoms with Gasteiger partial charge >= 0.3 is 5.97 Å². The Morgan fingerprint density at radius 2 is 1.52 bits per heavy atom. The molecule has 1 saturated carbocycles. The number of benzene rings is 1. The van der Waals surface area contributed by atoms with Gasteiger partial charge < -0.3 is 9.47 Å². The summed E-state index contributed by atoms with van der Waals surface area (Å²) < 4.78 is 11.5. The van der Waals surface area contributed by atoms with Crippen LogP contribution in [0, 0.1) is 5.92 Å². The van der Waals surface area contributed by atoms with Gasteiger partial charge in [-0.05, 0) is 75.5 Å². The van der Waals surface area contributed by atoms with Crippen LogP contribution in [0.1, 0.15) is 127 Å². The summed E-state index contributed by atoms with van der Waals surface area (Å²) in [5.41, 5.74) is 2.01. The molecule has 1 aromatic carbocycles. The van der Waals surface area contributed by atoms with Crippen molar-refractivity contribution >= 4 is 5.97 Å². The minimum Gasteiger partial charge on any atom is -0.456 e. The average molecular weight is 431 g/mol. The summed E-state index contributed by atoms with van der Waals surface area (Å²) in [6.07, 6.45) is 15.2. The second kappa shape index (κ2) is 14.7. The third-order valence-electron chi connectivity index (χ3n) is 7.01. The Morgan fingerprint density at radius 1 is 0.871 bits per heavy atom. The van der Waals surface area contributed by atoms with Crippen LogP contribution < -0.4 is 0 Å². The zero-order valence-electron chi connectivity index (χ0n) is 20.5. The maximum atomic E-state index is 12.6. The maximum absolute atomic E-state index is 12.6. The highest BCUT2D eigenvalue weighted by Crippen LogP contribution is 2.37. The lowest BCUT2D eigenvalue weighted by molar-refractivity contribution is -0.0386. The Hall–Kier alpha value is -1.35. The number of rotatable bonds is 14. The van der Waals surface area contributed by atoms with Crippen LogP contribution in [0.15, 0.2) is 24.3 Å². The molecule has 1 aliphatic rings. The quantitative estimate of drug-likeness (QED) is 0.221. The number of ether oxygens (including phenoxy) is 2. The molecular weight excluding hydrogens is 384 g/mol. The molecular formula is C28H46O3. The maximum Gasteiger partial charge on any atom is 0.338 e. The van der Waals surface area contributed by atoms with E-state index in [0.29, 0.717) is 11.5 Å². The number of carbonyl (C=O) groups is 1. The highest BCUT2D eigenvalue weighted by Gasteiger charge is 2.23. The van der Waals surface area contributed by atoms with Crippen LogP contribution in [0.4, 0.5) is 0 Å². The summed E-state index contributed by atoms with van der Waals surface area (Å²) in [6, 6.07) is 8.15. The molecule has 0 spiro atoms. The van der Waals surface area contributed by atoms with E-state index in [4.69, 9.17) is 9.47 Å². The largest absolute Gasteiger partial charge is 0.456 e. The van der Waals surface area contributed by atoms with Gasteiger partial charge in [0.2, 0.25) is 0 Å². The molecule has 2 unspecified atom stereocenters. The molecule has 3 nitrogen and oxygen atoms in total. The summed E-state index contributed by atoms with van der Waals surface area (Å²) >= 11 is 0. The fourth-order valence-corrected chi connectivity index (χ4v) is 4.63. The van der Waals surface area contributed by atoms with Gasteiger partial charge in [0.1, 0.15) is 6.10 Å². The van der Waals surface area contributed by atoms with Gasteiger partial charge in [0.05, 0.1) is 11.7 Å². The monoisotopic (exact) mass is 430 g/mol. The van der Waals surface area contributed by atoms with E-state index in [1.54, 1.807) is 0 Å². The third kappa shape index (κ3) is 9.35. The highest BCUT2D eigenvalue weighted by atomic mass is 16.6. The van der Waals surface area contributed by atoms with Crippen molar-refractivity contribution in [1.29, 1.82) is 0 Å². The van der Waals surface area contributed by atoms with Crippen molar-refractivity contribution in [2.24, 2.45) is 5.92 Å². The van der Waals surface area contributed by atoms with E-state index >= 15 is 0 Å². The normalized spacial score (nSPS) is 20.9. The molecule has 0 N–H and O–H groups in total. The van der Waals surface area contributed by atoms with Crippen molar-refractivity contribution in [3.05, 3.63) is 35.4 Å². The zero-order valence-corrected chi connectivity index (χ0v) is 20.5. The van der Waals surface area contributed by atoms with Crippen molar-refractivity contribution in [3.8, 4) is 0 Å². The number of unbranched alkanes of at least 4 members (excludes halogenated alkanes) is 5. The molecule has 0 amide bonds. The van der Waals surface area contributed by atoms with E-state index in [2.05, 4.69) is 26.0 Å². The first kappa shape index (κ1) is 25.9. The molecule has 0 radical (unpaired) electrons. The number of esters is 1. The predicted octanol–water partition coefficient (Wildman–Crippen LogP) is 8.07. The van der Waals surface area contributed by atoms with Gasteiger partial charge in [0, 0.05) is 6.61 Å². The smallest absolute Gasteiger partial charge is 0.338 e. The first-order chi connectivity index (χ1) is 15.0. The first-order valence-corrected chi connectivity index (χ1v) is 13.0. The van der Waals surface area contributed by atoms with Crippen molar-refractivity contribution in [2.75, 3.05) is 6.61 Å². The molecule has 176 valence electrons. The van der Waals surface area contributed by atoms with Crippen LogP contribution in [0.25, 0.3) is 0 Å². The van der Waals surface area contributed by atoms with Gasteiger partial charge in [-0.1, -0.05) is 70.9 Å². The molecule has 1 fully saturated rings. The molecule has 1 aromatic rings. The summed E-state index contributed by atoms with van der Waals surface area (Å²) in [7, 11) is 0. The van der Waals surface area contributed by atoms with Gasteiger partial charge in [-0.2, -0.15) is 0 Å². The van der Waals surface area contributed by atoms with Crippen LogP contribution in [-0.2, 0) is 9.47 Å². The lowest BCUT2D eigenvalue weighted by atomic mass is 9.77. The predicted molar refractivity (Wildman–Crippen MR) is 130 cm³/mol. The molecule has 0 bridgehead atoms. The molecule has 2 atom stereocenters. The van der Waals surface area contributed by atoms with E-state index in [9.17, 15) is 4.79 Å². The van der Waals surface area contributed by atoms with E-state index in [-0.39, 0.29) is 18.2 Å². The topological polar surface area (TPSA) is 35.5 Å². The minimum atomic E-state index is -0.250. The van der Waals surface area contributed by atoms with E-state index in [1.807, 2.05) is 26.0 Å². The Bertz CT molecular complexity index is 601. The van der Waals surface area contributed by atoms with E-state index in [0.717, 1.165) is 18.9 Å². The van der Waals surface area contributed by atoms with Gasteiger partial charge in [-0.3, -0.25) is 0 Å². The Morgan fingerprint density at radius 3 is 2.16 bits per heavy atom. The summed E-state index contributed by atoms with van der Waals surface area (Å²) in [6.45, 7) is 9.12. The Balaban J connectivity index is 1.73. The standard InChI is InChI=1S/C28H46O3/c1-5-7-9-11-21-30-22(3)23(4)31-28(29)27-19-17-26(18-20-27)25-15-13-24(14-16-25)12-10-8-6-2/h17-20,22-25H,5-16,21H2,1-4H3/t22?,23?,24-,25-. The van der Waals surface area contributed by atoms with Gasteiger partial charge in [-0.15, -0.1) is 0 Å². The van der Waals surface area contributed by atoms with Gasteiger partial charge in [-0.25, -0.2) is 4.79 Å². The second-order valence-corrected chi connectivity index (χ2v) is 9.58. The number of hydrogen-bond donors (Lipinski definition) is 0. The number of carbonyl (C=O) groups excluding carboxylic acids is 1.